The molecule has 0 spiro atoms. The third-order valence-electron chi connectivity index (χ3n) is 3.16. The van der Waals surface area contributed by atoms with E-state index in [1.807, 2.05) is 5.51 Å². The summed E-state index contributed by atoms with van der Waals surface area (Å²) in [6.45, 7) is 7.57. The smallest absolute Gasteiger partial charge is 0.0794 e. The fourth-order valence-electron chi connectivity index (χ4n) is 2.06. The summed E-state index contributed by atoms with van der Waals surface area (Å²) >= 11 is 5.16. The zero-order valence-corrected chi connectivity index (χ0v) is 14.6. The van der Waals surface area contributed by atoms with Gasteiger partial charge < -0.3 is 5.32 Å². The minimum Gasteiger partial charge on any atom is -0.311 e. The third kappa shape index (κ3) is 5.00. The number of hydrogen-bond donors (Lipinski definition) is 1. The first-order valence-corrected chi connectivity index (χ1v) is 8.55. The summed E-state index contributed by atoms with van der Waals surface area (Å²) in [6.07, 6.45) is 0.980. The SMILES string of the molecule is CC(C)(C)NCC(Cc1cscn1)c1ccc(Br)cc1. The maximum absolute atomic E-state index is 4.43. The molecule has 0 saturated heterocycles. The molecule has 1 unspecified atom stereocenters. The van der Waals surface area contributed by atoms with E-state index < -0.39 is 0 Å². The van der Waals surface area contributed by atoms with Crippen LogP contribution in [-0.4, -0.2) is 17.1 Å². The van der Waals surface area contributed by atoms with Gasteiger partial charge in [0.25, 0.3) is 0 Å². The standard InChI is InChI=1S/C16H21BrN2S/c1-16(2,3)19-9-13(8-15-10-20-11-18-15)12-4-6-14(17)7-5-12/h4-7,10-11,13,19H,8-9H2,1-3H3. The Morgan fingerprint density at radius 3 is 2.50 bits per heavy atom. The van der Waals surface area contributed by atoms with Crippen LogP contribution < -0.4 is 5.32 Å². The first-order chi connectivity index (χ1) is 9.44. The van der Waals surface area contributed by atoms with Crippen molar-refractivity contribution in [2.24, 2.45) is 0 Å². The Kier molecular flexibility index (Phi) is 5.35. The molecular formula is C16H21BrN2S. The second-order valence-electron chi connectivity index (χ2n) is 6.06. The molecule has 0 amide bonds. The van der Waals surface area contributed by atoms with Gasteiger partial charge in [-0.2, -0.15) is 0 Å². The highest BCUT2D eigenvalue weighted by atomic mass is 79.9. The van der Waals surface area contributed by atoms with Crippen molar-refractivity contribution in [2.45, 2.75) is 38.6 Å². The summed E-state index contributed by atoms with van der Waals surface area (Å²) in [5.74, 6) is 0.449. The lowest BCUT2D eigenvalue weighted by Gasteiger charge is -2.25. The third-order valence-corrected chi connectivity index (χ3v) is 4.32. The number of halogens is 1. The monoisotopic (exact) mass is 352 g/mol. The normalized spacial score (nSPS) is 13.4. The number of nitrogens with one attached hydrogen (secondary N) is 1. The van der Waals surface area contributed by atoms with Crippen LogP contribution in [0.3, 0.4) is 0 Å². The summed E-state index contributed by atoms with van der Waals surface area (Å²) in [4.78, 5) is 4.43. The van der Waals surface area contributed by atoms with Crippen LogP contribution in [-0.2, 0) is 6.42 Å². The Hall–Kier alpha value is -0.710. The molecule has 0 fully saturated rings. The molecule has 1 aromatic carbocycles. The van der Waals surface area contributed by atoms with Crippen molar-refractivity contribution in [3.05, 3.63) is 50.9 Å². The largest absolute Gasteiger partial charge is 0.311 e. The fraction of sp³-hybridized carbons (Fsp3) is 0.438. The molecule has 1 atom stereocenters. The van der Waals surface area contributed by atoms with Gasteiger partial charge in [0.05, 0.1) is 11.2 Å². The maximum atomic E-state index is 4.43. The minimum atomic E-state index is 0.135. The Balaban J connectivity index is 2.12. The Morgan fingerprint density at radius 2 is 1.95 bits per heavy atom. The molecule has 108 valence electrons. The van der Waals surface area contributed by atoms with Crippen LogP contribution in [0.1, 0.15) is 37.9 Å². The van der Waals surface area contributed by atoms with Gasteiger partial charge in [-0.1, -0.05) is 28.1 Å². The van der Waals surface area contributed by atoms with Crippen LogP contribution in [0.4, 0.5) is 0 Å². The van der Waals surface area contributed by atoms with E-state index >= 15 is 0 Å². The zero-order valence-electron chi connectivity index (χ0n) is 12.2. The number of hydrogen-bond acceptors (Lipinski definition) is 3. The molecule has 1 aromatic heterocycles. The van der Waals surface area contributed by atoms with Crippen LogP contribution in [0.15, 0.2) is 39.6 Å². The average molecular weight is 353 g/mol. The summed E-state index contributed by atoms with van der Waals surface area (Å²) < 4.78 is 1.12. The van der Waals surface area contributed by atoms with Gasteiger partial charge in [-0.3, -0.25) is 0 Å². The van der Waals surface area contributed by atoms with E-state index in [1.165, 1.54) is 11.3 Å². The molecule has 0 aliphatic rings. The predicted molar refractivity (Wildman–Crippen MR) is 90.5 cm³/mol. The molecule has 0 aliphatic carbocycles. The molecule has 4 heteroatoms. The molecule has 1 heterocycles. The van der Waals surface area contributed by atoms with Crippen LogP contribution in [0.5, 0.6) is 0 Å². The number of aromatic nitrogens is 1. The highest BCUT2D eigenvalue weighted by molar-refractivity contribution is 9.10. The van der Waals surface area contributed by atoms with Gasteiger partial charge in [0.15, 0.2) is 0 Å². The van der Waals surface area contributed by atoms with Crippen molar-refractivity contribution < 1.29 is 0 Å². The summed E-state index contributed by atoms with van der Waals surface area (Å²) in [5.41, 5.74) is 4.58. The van der Waals surface area contributed by atoms with Crippen LogP contribution in [0.2, 0.25) is 0 Å². The van der Waals surface area contributed by atoms with E-state index in [-0.39, 0.29) is 5.54 Å². The Labute approximate surface area is 133 Å². The molecule has 0 bridgehead atoms. The maximum Gasteiger partial charge on any atom is 0.0794 e. The molecule has 1 N–H and O–H groups in total. The van der Waals surface area contributed by atoms with E-state index in [1.54, 1.807) is 11.3 Å². The Morgan fingerprint density at radius 1 is 1.25 bits per heavy atom. The molecule has 20 heavy (non-hydrogen) atoms. The number of rotatable bonds is 5. The van der Waals surface area contributed by atoms with Crippen molar-refractivity contribution >= 4 is 27.3 Å². The van der Waals surface area contributed by atoms with Crippen molar-refractivity contribution in [2.75, 3.05) is 6.54 Å². The number of nitrogens with zero attached hydrogens (tertiary/aromatic N) is 1. The van der Waals surface area contributed by atoms with Gasteiger partial charge in [0.1, 0.15) is 0 Å². The number of thiazole rings is 1. The van der Waals surface area contributed by atoms with E-state index in [0.717, 1.165) is 17.4 Å². The van der Waals surface area contributed by atoms with Crippen LogP contribution in [0.25, 0.3) is 0 Å². The molecule has 2 rings (SSSR count). The van der Waals surface area contributed by atoms with Crippen molar-refractivity contribution in [3.8, 4) is 0 Å². The zero-order chi connectivity index (χ0) is 14.6. The van der Waals surface area contributed by atoms with Gasteiger partial charge in [0, 0.05) is 27.9 Å². The first-order valence-electron chi connectivity index (χ1n) is 6.81. The summed E-state index contributed by atoms with van der Waals surface area (Å²) in [6, 6.07) is 8.62. The highest BCUT2D eigenvalue weighted by Gasteiger charge is 2.17. The van der Waals surface area contributed by atoms with E-state index in [9.17, 15) is 0 Å². The van der Waals surface area contributed by atoms with E-state index in [0.29, 0.717) is 5.92 Å². The van der Waals surface area contributed by atoms with E-state index in [4.69, 9.17) is 0 Å². The van der Waals surface area contributed by atoms with Gasteiger partial charge in [-0.15, -0.1) is 11.3 Å². The second-order valence-corrected chi connectivity index (χ2v) is 7.70. The first kappa shape index (κ1) is 15.7. The van der Waals surface area contributed by atoms with Crippen LogP contribution in [0, 0.1) is 0 Å². The minimum absolute atomic E-state index is 0.135. The van der Waals surface area contributed by atoms with Gasteiger partial charge in [-0.25, -0.2) is 4.98 Å². The lowest BCUT2D eigenvalue weighted by molar-refractivity contribution is 0.404. The lowest BCUT2D eigenvalue weighted by atomic mass is 9.93. The van der Waals surface area contributed by atoms with Gasteiger partial charge >= 0.3 is 0 Å². The van der Waals surface area contributed by atoms with Gasteiger partial charge in [-0.05, 0) is 44.9 Å². The topological polar surface area (TPSA) is 24.9 Å². The van der Waals surface area contributed by atoms with Crippen molar-refractivity contribution in [3.63, 3.8) is 0 Å². The van der Waals surface area contributed by atoms with Crippen LogP contribution >= 0.6 is 27.3 Å². The molecule has 0 saturated carbocycles. The second kappa shape index (κ2) is 6.83. The van der Waals surface area contributed by atoms with E-state index in [2.05, 4.69) is 76.6 Å². The Bertz CT molecular complexity index is 514. The molecular weight excluding hydrogens is 332 g/mol. The molecule has 2 aromatic rings. The quantitative estimate of drug-likeness (QED) is 0.848. The fourth-order valence-corrected chi connectivity index (χ4v) is 2.90. The predicted octanol–water partition coefficient (Wildman–Crippen LogP) is 4.62. The van der Waals surface area contributed by atoms with Crippen molar-refractivity contribution in [1.82, 2.24) is 10.3 Å². The molecule has 2 nitrogen and oxygen atoms in total. The molecule has 0 aliphatic heterocycles. The summed E-state index contributed by atoms with van der Waals surface area (Å²) in [7, 11) is 0. The average Bonchev–Trinajstić information content (AvgIpc) is 2.87. The number of benzene rings is 1. The lowest BCUT2D eigenvalue weighted by Crippen LogP contribution is -2.39. The van der Waals surface area contributed by atoms with Crippen molar-refractivity contribution in [1.29, 1.82) is 0 Å². The summed E-state index contributed by atoms with van der Waals surface area (Å²) in [5, 5.41) is 5.75. The van der Waals surface area contributed by atoms with Gasteiger partial charge in [0.2, 0.25) is 0 Å². The highest BCUT2D eigenvalue weighted by Crippen LogP contribution is 2.23. The molecule has 0 radical (unpaired) electrons.